The largest absolute Gasteiger partial charge is 0.478 e. The molecule has 0 fully saturated rings. The van der Waals surface area contributed by atoms with Crippen molar-refractivity contribution in [3.8, 4) is 0 Å². The third-order valence-electron chi connectivity index (χ3n) is 3.38. The monoisotopic (exact) mass is 271 g/mol. The average Bonchev–Trinajstić information content (AvgIpc) is 2.40. The Labute approximate surface area is 115 Å². The lowest BCUT2D eigenvalue weighted by Gasteiger charge is -2.29. The molecule has 1 aliphatic carbocycles. The molecule has 0 radical (unpaired) electrons. The zero-order valence-electron chi connectivity index (χ0n) is 10.2. The molecule has 1 atom stereocenters. The van der Waals surface area contributed by atoms with Gasteiger partial charge in [-0.05, 0) is 35.6 Å². The Balaban J connectivity index is 1.70. The summed E-state index contributed by atoms with van der Waals surface area (Å²) in [6.07, 6.45) is 2.72. The first-order valence-corrected chi connectivity index (χ1v) is 7.13. The van der Waals surface area contributed by atoms with E-state index in [2.05, 4.69) is 29.2 Å². The van der Waals surface area contributed by atoms with Crippen LogP contribution in [-0.2, 0) is 6.42 Å². The number of carboxylic acids is 1. The van der Waals surface area contributed by atoms with Gasteiger partial charge in [-0.25, -0.2) is 9.78 Å². The molecule has 0 spiro atoms. The Morgan fingerprint density at radius 2 is 2.16 bits per heavy atom. The quantitative estimate of drug-likeness (QED) is 0.867. The fraction of sp³-hybridized carbons (Fsp3) is 0.200. The van der Waals surface area contributed by atoms with E-state index in [1.54, 1.807) is 18.3 Å². The van der Waals surface area contributed by atoms with Crippen molar-refractivity contribution >= 4 is 17.7 Å². The van der Waals surface area contributed by atoms with Gasteiger partial charge in [0.1, 0.15) is 5.03 Å². The van der Waals surface area contributed by atoms with Crippen LogP contribution in [0.25, 0.3) is 0 Å². The summed E-state index contributed by atoms with van der Waals surface area (Å²) in [7, 11) is 0. The summed E-state index contributed by atoms with van der Waals surface area (Å²) in [5.41, 5.74) is 3.09. The lowest BCUT2D eigenvalue weighted by atomic mass is 9.79. The number of thioether (sulfide) groups is 1. The second kappa shape index (κ2) is 5.05. The summed E-state index contributed by atoms with van der Waals surface area (Å²) in [6, 6.07) is 11.7. The molecule has 0 bridgehead atoms. The lowest BCUT2D eigenvalue weighted by Crippen LogP contribution is -2.19. The molecule has 2 aromatic rings. The second-order valence-electron chi connectivity index (χ2n) is 4.57. The van der Waals surface area contributed by atoms with Gasteiger partial charge < -0.3 is 5.11 Å². The van der Waals surface area contributed by atoms with E-state index >= 15 is 0 Å². The molecule has 0 saturated carbocycles. The maximum absolute atomic E-state index is 11.1. The Morgan fingerprint density at radius 1 is 1.32 bits per heavy atom. The minimum atomic E-state index is -0.912. The first kappa shape index (κ1) is 12.2. The number of pyridine rings is 1. The highest BCUT2D eigenvalue weighted by Crippen LogP contribution is 2.38. The first-order chi connectivity index (χ1) is 9.25. The number of fused-ring (bicyclic) bond motifs is 1. The zero-order chi connectivity index (χ0) is 13.2. The van der Waals surface area contributed by atoms with E-state index in [1.165, 1.54) is 22.9 Å². The third-order valence-corrected chi connectivity index (χ3v) is 4.55. The summed E-state index contributed by atoms with van der Waals surface area (Å²) in [5.74, 6) is 0.489. The lowest BCUT2D eigenvalue weighted by molar-refractivity contribution is 0.0692. The van der Waals surface area contributed by atoms with Crippen molar-refractivity contribution in [2.75, 3.05) is 5.75 Å². The van der Waals surface area contributed by atoms with Gasteiger partial charge in [-0.2, -0.15) is 0 Å². The number of benzene rings is 1. The molecule has 1 unspecified atom stereocenters. The Hall–Kier alpha value is -1.81. The topological polar surface area (TPSA) is 50.2 Å². The summed E-state index contributed by atoms with van der Waals surface area (Å²) < 4.78 is 0. The summed E-state index contributed by atoms with van der Waals surface area (Å²) in [5, 5.41) is 9.72. The van der Waals surface area contributed by atoms with Crippen LogP contribution >= 0.6 is 11.8 Å². The molecule has 19 heavy (non-hydrogen) atoms. The van der Waals surface area contributed by atoms with Gasteiger partial charge in [-0.1, -0.05) is 24.3 Å². The predicted octanol–water partition coefficient (Wildman–Crippen LogP) is 3.21. The Kier molecular flexibility index (Phi) is 3.25. The Morgan fingerprint density at radius 3 is 2.95 bits per heavy atom. The van der Waals surface area contributed by atoms with E-state index in [1.807, 2.05) is 0 Å². The van der Waals surface area contributed by atoms with Crippen LogP contribution in [0, 0.1) is 0 Å². The van der Waals surface area contributed by atoms with Crippen molar-refractivity contribution in [2.45, 2.75) is 17.4 Å². The van der Waals surface area contributed by atoms with Crippen LogP contribution in [-0.4, -0.2) is 21.8 Å². The van der Waals surface area contributed by atoms with Gasteiger partial charge in [0.2, 0.25) is 0 Å². The fourth-order valence-corrected chi connectivity index (χ4v) is 3.46. The van der Waals surface area contributed by atoms with Crippen molar-refractivity contribution in [1.82, 2.24) is 4.98 Å². The molecule has 1 aromatic heterocycles. The number of aromatic nitrogens is 1. The standard InChI is InChI=1S/C15H13NO2S/c17-15(18)13-6-3-7-16-14(13)19-9-11-8-10-4-1-2-5-12(10)11/h1-7,11H,8-9H2,(H,17,18). The van der Waals surface area contributed by atoms with Crippen LogP contribution in [0.3, 0.4) is 0 Å². The van der Waals surface area contributed by atoms with Crippen molar-refractivity contribution in [1.29, 1.82) is 0 Å². The van der Waals surface area contributed by atoms with E-state index in [9.17, 15) is 4.79 Å². The van der Waals surface area contributed by atoms with Crippen molar-refractivity contribution in [3.05, 3.63) is 59.3 Å². The summed E-state index contributed by atoms with van der Waals surface area (Å²) >= 11 is 1.53. The minimum absolute atomic E-state index is 0.292. The molecule has 3 nitrogen and oxygen atoms in total. The van der Waals surface area contributed by atoms with E-state index in [0.29, 0.717) is 16.5 Å². The average molecular weight is 271 g/mol. The van der Waals surface area contributed by atoms with Crippen LogP contribution in [0.5, 0.6) is 0 Å². The second-order valence-corrected chi connectivity index (χ2v) is 5.58. The normalized spacial score (nSPS) is 16.5. The number of carbonyl (C=O) groups is 1. The number of rotatable bonds is 4. The SMILES string of the molecule is O=C(O)c1cccnc1SCC1Cc2ccccc21. The number of hydrogen-bond acceptors (Lipinski definition) is 3. The van der Waals surface area contributed by atoms with E-state index in [0.717, 1.165) is 12.2 Å². The summed E-state index contributed by atoms with van der Waals surface area (Å²) in [4.78, 5) is 15.3. The maximum atomic E-state index is 11.1. The number of hydrogen-bond donors (Lipinski definition) is 1. The van der Waals surface area contributed by atoms with Gasteiger partial charge in [0, 0.05) is 11.9 Å². The molecular weight excluding hydrogens is 258 g/mol. The molecular formula is C15H13NO2S. The van der Waals surface area contributed by atoms with Gasteiger partial charge >= 0.3 is 5.97 Å². The highest BCUT2D eigenvalue weighted by atomic mass is 32.2. The molecule has 1 heterocycles. The molecule has 0 saturated heterocycles. The molecule has 1 N–H and O–H groups in total. The Bertz CT molecular complexity index is 627. The van der Waals surface area contributed by atoms with Crippen LogP contribution in [0.2, 0.25) is 0 Å². The van der Waals surface area contributed by atoms with Gasteiger partial charge in [0.05, 0.1) is 5.56 Å². The van der Waals surface area contributed by atoms with Crippen LogP contribution in [0.15, 0.2) is 47.6 Å². The highest BCUT2D eigenvalue weighted by Gasteiger charge is 2.26. The third kappa shape index (κ3) is 2.36. The van der Waals surface area contributed by atoms with Gasteiger partial charge in [0.25, 0.3) is 0 Å². The van der Waals surface area contributed by atoms with Crippen molar-refractivity contribution < 1.29 is 9.90 Å². The highest BCUT2D eigenvalue weighted by molar-refractivity contribution is 7.99. The van der Waals surface area contributed by atoms with Crippen LogP contribution in [0.1, 0.15) is 27.4 Å². The smallest absolute Gasteiger partial charge is 0.338 e. The fourth-order valence-electron chi connectivity index (χ4n) is 2.36. The maximum Gasteiger partial charge on any atom is 0.338 e. The van der Waals surface area contributed by atoms with Crippen molar-refractivity contribution in [3.63, 3.8) is 0 Å². The van der Waals surface area contributed by atoms with E-state index in [4.69, 9.17) is 5.11 Å². The molecule has 96 valence electrons. The van der Waals surface area contributed by atoms with Gasteiger partial charge in [-0.15, -0.1) is 11.8 Å². The number of carboxylic acid groups (broad SMARTS) is 1. The molecule has 1 aliphatic rings. The zero-order valence-corrected chi connectivity index (χ0v) is 11.1. The van der Waals surface area contributed by atoms with Crippen LogP contribution in [0.4, 0.5) is 0 Å². The molecule has 4 heteroatoms. The van der Waals surface area contributed by atoms with Gasteiger partial charge in [-0.3, -0.25) is 0 Å². The molecule has 1 aromatic carbocycles. The number of aromatic carboxylic acids is 1. The van der Waals surface area contributed by atoms with E-state index < -0.39 is 5.97 Å². The minimum Gasteiger partial charge on any atom is -0.478 e. The molecule has 0 amide bonds. The van der Waals surface area contributed by atoms with Gasteiger partial charge in [0.15, 0.2) is 0 Å². The predicted molar refractivity (Wildman–Crippen MR) is 74.8 cm³/mol. The number of nitrogens with zero attached hydrogens (tertiary/aromatic N) is 1. The summed E-state index contributed by atoms with van der Waals surface area (Å²) in [6.45, 7) is 0. The molecule has 0 aliphatic heterocycles. The van der Waals surface area contributed by atoms with Crippen LogP contribution < -0.4 is 0 Å². The van der Waals surface area contributed by atoms with E-state index in [-0.39, 0.29) is 0 Å². The first-order valence-electron chi connectivity index (χ1n) is 6.14. The molecule has 3 rings (SSSR count). The van der Waals surface area contributed by atoms with Crippen molar-refractivity contribution in [2.24, 2.45) is 0 Å².